The third kappa shape index (κ3) is 1.70. The molecular weight excluding hydrogens is 234 g/mol. The van der Waals surface area contributed by atoms with E-state index in [0.717, 1.165) is 17.4 Å². The molecule has 0 saturated heterocycles. The summed E-state index contributed by atoms with van der Waals surface area (Å²) in [5, 5.41) is 12.7. The molecule has 1 atom stereocenters. The summed E-state index contributed by atoms with van der Waals surface area (Å²) >= 11 is 0. The van der Waals surface area contributed by atoms with Gasteiger partial charge in [0.2, 0.25) is 0 Å². The molecule has 1 unspecified atom stereocenters. The highest BCUT2D eigenvalue weighted by Crippen LogP contribution is 2.49. The topological polar surface area (TPSA) is 23.5 Å². The van der Waals surface area contributed by atoms with Gasteiger partial charge in [0.25, 0.3) is 0 Å². The Labute approximate surface area is 114 Å². The van der Waals surface area contributed by atoms with Crippen LogP contribution in [-0.4, -0.2) is 17.7 Å². The number of fused-ring (bicyclic) bond motifs is 3. The summed E-state index contributed by atoms with van der Waals surface area (Å²) in [5.74, 6) is 0.814. The Morgan fingerprint density at radius 2 is 1.95 bits per heavy atom. The number of nitrogens with zero attached hydrogens (tertiary/aromatic N) is 1. The van der Waals surface area contributed by atoms with Gasteiger partial charge in [-0.2, -0.15) is 0 Å². The molecule has 1 heterocycles. The molecule has 1 aliphatic heterocycles. The van der Waals surface area contributed by atoms with Gasteiger partial charge in [0.1, 0.15) is 5.75 Å². The minimum absolute atomic E-state index is 0.114. The van der Waals surface area contributed by atoms with E-state index >= 15 is 0 Å². The predicted molar refractivity (Wildman–Crippen MR) is 81.1 cm³/mol. The van der Waals surface area contributed by atoms with Gasteiger partial charge in [-0.25, -0.2) is 0 Å². The molecular formula is C17H21NO. The molecule has 0 fully saturated rings. The third-order valence-corrected chi connectivity index (χ3v) is 4.58. The summed E-state index contributed by atoms with van der Waals surface area (Å²) in [6.45, 7) is 6.75. The summed E-state index contributed by atoms with van der Waals surface area (Å²) in [7, 11) is 2.14. The number of benzene rings is 2. The molecule has 0 spiro atoms. The van der Waals surface area contributed by atoms with Crippen molar-refractivity contribution in [2.24, 2.45) is 0 Å². The summed E-state index contributed by atoms with van der Waals surface area (Å²) in [6, 6.07) is 10.2. The van der Waals surface area contributed by atoms with Crippen molar-refractivity contribution in [3.63, 3.8) is 0 Å². The highest BCUT2D eigenvalue weighted by molar-refractivity contribution is 5.98. The molecule has 0 bridgehead atoms. The number of anilines is 1. The smallest absolute Gasteiger partial charge is 0.121 e. The highest BCUT2D eigenvalue weighted by atomic mass is 16.3. The van der Waals surface area contributed by atoms with Crippen LogP contribution in [0.25, 0.3) is 10.8 Å². The molecule has 3 rings (SSSR count). The van der Waals surface area contributed by atoms with Crippen molar-refractivity contribution in [1.82, 2.24) is 0 Å². The Hall–Kier alpha value is -1.70. The van der Waals surface area contributed by atoms with Crippen LogP contribution in [0.1, 0.15) is 38.7 Å². The van der Waals surface area contributed by atoms with E-state index in [1.165, 1.54) is 11.1 Å². The molecule has 2 heteroatoms. The van der Waals surface area contributed by atoms with E-state index in [1.54, 1.807) is 0 Å². The fourth-order valence-electron chi connectivity index (χ4n) is 3.47. The van der Waals surface area contributed by atoms with Crippen molar-refractivity contribution < 1.29 is 5.11 Å². The van der Waals surface area contributed by atoms with Crippen molar-refractivity contribution in [3.8, 4) is 5.75 Å². The average molecular weight is 255 g/mol. The second kappa shape index (κ2) is 3.89. The first-order valence-electron chi connectivity index (χ1n) is 6.90. The molecule has 0 aliphatic carbocycles. The number of aromatic hydroxyl groups is 1. The summed E-state index contributed by atoms with van der Waals surface area (Å²) in [5.41, 5.74) is 2.41. The second-order valence-electron chi connectivity index (χ2n) is 6.36. The van der Waals surface area contributed by atoms with E-state index in [9.17, 15) is 5.11 Å². The molecule has 0 saturated carbocycles. The summed E-state index contributed by atoms with van der Waals surface area (Å²) in [6.07, 6.45) is 1.06. The number of rotatable bonds is 0. The zero-order valence-electron chi connectivity index (χ0n) is 12.1. The standard InChI is InChI=1S/C17H21NO/c1-11-10-17(2,3)18(4)16-13-8-6-5-7-12(13)9-14(19)15(11)16/h5-9,11,19H,10H2,1-4H3. The quantitative estimate of drug-likeness (QED) is 0.760. The van der Waals surface area contributed by atoms with Crippen LogP contribution in [-0.2, 0) is 0 Å². The Kier molecular flexibility index (Phi) is 2.53. The molecule has 2 aromatic rings. The van der Waals surface area contributed by atoms with Gasteiger partial charge in [-0.05, 0) is 37.6 Å². The largest absolute Gasteiger partial charge is 0.508 e. The Bertz CT molecular complexity index is 645. The van der Waals surface area contributed by atoms with E-state index in [1.807, 2.05) is 12.1 Å². The van der Waals surface area contributed by atoms with Crippen LogP contribution in [0.2, 0.25) is 0 Å². The van der Waals surface area contributed by atoms with Crippen molar-refractivity contribution in [2.75, 3.05) is 11.9 Å². The number of phenols is 1. The maximum atomic E-state index is 10.4. The van der Waals surface area contributed by atoms with Crippen LogP contribution in [0.3, 0.4) is 0 Å². The van der Waals surface area contributed by atoms with E-state index < -0.39 is 0 Å². The highest BCUT2D eigenvalue weighted by Gasteiger charge is 2.36. The first-order valence-corrected chi connectivity index (χ1v) is 6.90. The Morgan fingerprint density at radius 3 is 2.68 bits per heavy atom. The first kappa shape index (κ1) is 12.3. The lowest BCUT2D eigenvalue weighted by atomic mass is 9.79. The van der Waals surface area contributed by atoms with Crippen molar-refractivity contribution in [1.29, 1.82) is 0 Å². The first-order chi connectivity index (χ1) is 8.92. The van der Waals surface area contributed by atoms with Crippen LogP contribution in [0.4, 0.5) is 5.69 Å². The number of phenolic OH excluding ortho intramolecular Hbond substituents is 1. The Morgan fingerprint density at radius 1 is 1.26 bits per heavy atom. The van der Waals surface area contributed by atoms with E-state index in [0.29, 0.717) is 11.7 Å². The maximum Gasteiger partial charge on any atom is 0.121 e. The van der Waals surface area contributed by atoms with E-state index in [-0.39, 0.29) is 5.54 Å². The molecule has 1 N–H and O–H groups in total. The lowest BCUT2D eigenvalue weighted by molar-refractivity contribution is 0.382. The molecule has 0 radical (unpaired) electrons. The minimum atomic E-state index is 0.114. The SMILES string of the molecule is CC1CC(C)(C)N(C)c2c1c(O)cc1ccccc21. The van der Waals surface area contributed by atoms with Gasteiger partial charge in [0.15, 0.2) is 0 Å². The summed E-state index contributed by atoms with van der Waals surface area (Å²) < 4.78 is 0. The predicted octanol–water partition coefficient (Wildman–Crippen LogP) is 4.27. The fourth-order valence-corrected chi connectivity index (χ4v) is 3.47. The third-order valence-electron chi connectivity index (χ3n) is 4.58. The monoisotopic (exact) mass is 255 g/mol. The van der Waals surface area contributed by atoms with Gasteiger partial charge in [0, 0.05) is 23.5 Å². The normalized spacial score (nSPS) is 21.5. The second-order valence-corrected chi connectivity index (χ2v) is 6.36. The van der Waals surface area contributed by atoms with Crippen LogP contribution in [0.15, 0.2) is 30.3 Å². The lowest BCUT2D eigenvalue weighted by Crippen LogP contribution is -2.45. The van der Waals surface area contributed by atoms with Crippen molar-refractivity contribution in [3.05, 3.63) is 35.9 Å². The molecule has 19 heavy (non-hydrogen) atoms. The molecule has 2 aromatic carbocycles. The van der Waals surface area contributed by atoms with Crippen LogP contribution in [0.5, 0.6) is 5.75 Å². The number of hydrogen-bond acceptors (Lipinski definition) is 2. The van der Waals surface area contributed by atoms with E-state index in [4.69, 9.17) is 0 Å². The van der Waals surface area contributed by atoms with Gasteiger partial charge in [-0.3, -0.25) is 0 Å². The molecule has 0 aromatic heterocycles. The van der Waals surface area contributed by atoms with Gasteiger partial charge in [-0.1, -0.05) is 31.2 Å². The van der Waals surface area contributed by atoms with Gasteiger partial charge >= 0.3 is 0 Å². The molecule has 100 valence electrons. The summed E-state index contributed by atoms with van der Waals surface area (Å²) in [4.78, 5) is 2.32. The van der Waals surface area contributed by atoms with Gasteiger partial charge in [-0.15, -0.1) is 0 Å². The molecule has 0 amide bonds. The molecule has 1 aliphatic rings. The van der Waals surface area contributed by atoms with Crippen LogP contribution in [0, 0.1) is 0 Å². The zero-order valence-corrected chi connectivity index (χ0v) is 12.1. The number of hydrogen-bond donors (Lipinski definition) is 1. The maximum absolute atomic E-state index is 10.4. The minimum Gasteiger partial charge on any atom is -0.508 e. The zero-order chi connectivity index (χ0) is 13.8. The van der Waals surface area contributed by atoms with Gasteiger partial charge < -0.3 is 10.0 Å². The average Bonchev–Trinajstić information content (AvgIpc) is 2.34. The lowest BCUT2D eigenvalue weighted by Gasteiger charge is -2.46. The van der Waals surface area contributed by atoms with Crippen LogP contribution >= 0.6 is 0 Å². The van der Waals surface area contributed by atoms with Crippen molar-refractivity contribution in [2.45, 2.75) is 38.6 Å². The van der Waals surface area contributed by atoms with Crippen LogP contribution < -0.4 is 4.90 Å². The molecule has 2 nitrogen and oxygen atoms in total. The van der Waals surface area contributed by atoms with Gasteiger partial charge in [0.05, 0.1) is 5.69 Å². The fraction of sp³-hybridized carbons (Fsp3) is 0.412. The Balaban J connectivity index is 2.41. The van der Waals surface area contributed by atoms with E-state index in [2.05, 4.69) is 50.9 Å². The van der Waals surface area contributed by atoms with Crippen molar-refractivity contribution >= 4 is 16.5 Å².